The second-order valence-electron chi connectivity index (χ2n) is 6.20. The fraction of sp³-hybridized carbons (Fsp3) is 0.625. The van der Waals surface area contributed by atoms with Crippen LogP contribution in [0, 0.1) is 20.8 Å². The summed E-state index contributed by atoms with van der Waals surface area (Å²) in [4.78, 5) is 2.00. The van der Waals surface area contributed by atoms with E-state index in [1.54, 1.807) is 0 Å². The first-order valence-corrected chi connectivity index (χ1v) is 6.86. The molecule has 1 atom stereocenters. The van der Waals surface area contributed by atoms with Gasteiger partial charge in [-0.2, -0.15) is 0 Å². The molecule has 0 amide bonds. The Balaban J connectivity index is 2.56. The molecule has 1 rings (SSSR count). The molecule has 0 saturated carbocycles. The van der Waals surface area contributed by atoms with Gasteiger partial charge in [0.2, 0.25) is 0 Å². The first kappa shape index (κ1) is 16.2. The van der Waals surface area contributed by atoms with Crippen molar-refractivity contribution in [2.45, 2.75) is 39.8 Å². The molecule has 1 aromatic carbocycles. The summed E-state index contributed by atoms with van der Waals surface area (Å²) < 4.78 is 0. The lowest BCUT2D eigenvalue weighted by Crippen LogP contribution is -2.45. The van der Waals surface area contributed by atoms with Crippen molar-refractivity contribution in [2.75, 3.05) is 27.2 Å². The van der Waals surface area contributed by atoms with E-state index in [0.29, 0.717) is 13.1 Å². The number of benzene rings is 1. The Kier molecular flexibility index (Phi) is 5.53. The molecule has 1 unspecified atom stereocenters. The van der Waals surface area contributed by atoms with Gasteiger partial charge >= 0.3 is 0 Å². The minimum absolute atomic E-state index is 0.595. The second-order valence-corrected chi connectivity index (χ2v) is 6.20. The van der Waals surface area contributed by atoms with E-state index in [2.05, 4.69) is 38.2 Å². The molecular weight excluding hydrogens is 236 g/mol. The predicted octanol–water partition coefficient (Wildman–Crippen LogP) is 2.01. The van der Waals surface area contributed by atoms with Crippen molar-refractivity contribution in [3.8, 4) is 0 Å². The average Bonchev–Trinajstić information content (AvgIpc) is 2.23. The molecule has 0 aliphatic carbocycles. The largest absolute Gasteiger partial charge is 0.388 e. The highest BCUT2D eigenvalue weighted by molar-refractivity contribution is 5.36. The van der Waals surface area contributed by atoms with Crippen molar-refractivity contribution in [3.05, 3.63) is 34.4 Å². The van der Waals surface area contributed by atoms with Crippen LogP contribution in [0.2, 0.25) is 0 Å². The predicted molar refractivity (Wildman–Crippen MR) is 81.5 cm³/mol. The Morgan fingerprint density at radius 1 is 1.11 bits per heavy atom. The first-order chi connectivity index (χ1) is 8.71. The fourth-order valence-corrected chi connectivity index (χ4v) is 2.41. The molecule has 2 N–H and O–H groups in total. The number of hydrogen-bond donors (Lipinski definition) is 2. The van der Waals surface area contributed by atoms with Crippen LogP contribution in [-0.4, -0.2) is 42.8 Å². The number of nitrogens with one attached hydrogen (secondary N) is 1. The number of likely N-dealkylation sites (N-methyl/N-ethyl adjacent to an activating group) is 1. The van der Waals surface area contributed by atoms with Gasteiger partial charge in [0.15, 0.2) is 0 Å². The van der Waals surface area contributed by atoms with E-state index in [-0.39, 0.29) is 0 Å². The molecule has 0 spiro atoms. The number of rotatable bonds is 6. The molecule has 0 saturated heterocycles. The van der Waals surface area contributed by atoms with E-state index >= 15 is 0 Å². The molecule has 1 aromatic rings. The van der Waals surface area contributed by atoms with Crippen LogP contribution >= 0.6 is 0 Å². The standard InChI is InChI=1S/C16H28N2O/c1-12-7-14(3)15(8-13(12)2)9-17-10-16(4,19)11-18(5)6/h7-8,17,19H,9-11H2,1-6H3. The van der Waals surface area contributed by atoms with Crippen LogP contribution in [0.4, 0.5) is 0 Å². The van der Waals surface area contributed by atoms with Crippen molar-refractivity contribution >= 4 is 0 Å². The minimum Gasteiger partial charge on any atom is -0.388 e. The van der Waals surface area contributed by atoms with E-state index in [0.717, 1.165) is 6.54 Å². The van der Waals surface area contributed by atoms with Gasteiger partial charge in [-0.05, 0) is 64.0 Å². The SMILES string of the molecule is Cc1cc(C)c(CNCC(C)(O)CN(C)C)cc1C. The third-order valence-electron chi connectivity index (χ3n) is 3.43. The quantitative estimate of drug-likeness (QED) is 0.825. The maximum Gasteiger partial charge on any atom is 0.0869 e. The minimum atomic E-state index is -0.697. The summed E-state index contributed by atoms with van der Waals surface area (Å²) in [5, 5.41) is 13.6. The van der Waals surface area contributed by atoms with E-state index < -0.39 is 5.60 Å². The lowest BCUT2D eigenvalue weighted by molar-refractivity contribution is 0.0336. The topological polar surface area (TPSA) is 35.5 Å². The molecule has 0 aromatic heterocycles. The van der Waals surface area contributed by atoms with Crippen molar-refractivity contribution in [1.29, 1.82) is 0 Å². The van der Waals surface area contributed by atoms with Gasteiger partial charge in [0, 0.05) is 19.6 Å². The highest BCUT2D eigenvalue weighted by Crippen LogP contribution is 2.15. The molecule has 0 fully saturated rings. The van der Waals surface area contributed by atoms with Gasteiger partial charge in [0.25, 0.3) is 0 Å². The van der Waals surface area contributed by atoms with Gasteiger partial charge in [0.1, 0.15) is 0 Å². The zero-order valence-corrected chi connectivity index (χ0v) is 13.2. The van der Waals surface area contributed by atoms with Crippen LogP contribution < -0.4 is 5.32 Å². The van der Waals surface area contributed by atoms with Gasteiger partial charge in [-0.25, -0.2) is 0 Å². The van der Waals surface area contributed by atoms with Crippen molar-refractivity contribution < 1.29 is 5.11 Å². The van der Waals surface area contributed by atoms with Gasteiger partial charge in [-0.1, -0.05) is 12.1 Å². The maximum atomic E-state index is 10.2. The van der Waals surface area contributed by atoms with Crippen molar-refractivity contribution in [2.24, 2.45) is 0 Å². The van der Waals surface area contributed by atoms with Gasteiger partial charge in [-0.15, -0.1) is 0 Å². The monoisotopic (exact) mass is 264 g/mol. The van der Waals surface area contributed by atoms with Gasteiger partial charge in [0.05, 0.1) is 5.60 Å². The highest BCUT2D eigenvalue weighted by Gasteiger charge is 2.20. The lowest BCUT2D eigenvalue weighted by Gasteiger charge is -2.27. The summed E-state index contributed by atoms with van der Waals surface area (Å²) in [6.45, 7) is 10.3. The molecule has 3 heteroatoms. The molecule has 0 heterocycles. The second kappa shape index (κ2) is 6.51. The molecule has 19 heavy (non-hydrogen) atoms. The Labute approximate surface area is 117 Å². The van der Waals surface area contributed by atoms with E-state index in [9.17, 15) is 5.11 Å². The Hall–Kier alpha value is -0.900. The third-order valence-corrected chi connectivity index (χ3v) is 3.43. The van der Waals surface area contributed by atoms with E-state index in [4.69, 9.17) is 0 Å². The smallest absolute Gasteiger partial charge is 0.0869 e. The van der Waals surface area contributed by atoms with Gasteiger partial charge in [-0.3, -0.25) is 0 Å². The van der Waals surface area contributed by atoms with E-state index in [1.165, 1.54) is 22.3 Å². The lowest BCUT2D eigenvalue weighted by atomic mass is 10.0. The number of nitrogens with zero attached hydrogens (tertiary/aromatic N) is 1. The van der Waals surface area contributed by atoms with Crippen LogP contribution in [0.25, 0.3) is 0 Å². The highest BCUT2D eigenvalue weighted by atomic mass is 16.3. The van der Waals surface area contributed by atoms with E-state index in [1.807, 2.05) is 25.9 Å². The van der Waals surface area contributed by atoms with Crippen LogP contribution in [0.3, 0.4) is 0 Å². The maximum absolute atomic E-state index is 10.2. The zero-order valence-electron chi connectivity index (χ0n) is 13.2. The first-order valence-electron chi connectivity index (χ1n) is 6.86. The Bertz CT molecular complexity index is 425. The third kappa shape index (κ3) is 5.31. The molecule has 0 bridgehead atoms. The normalized spacial score (nSPS) is 14.7. The average molecular weight is 264 g/mol. The van der Waals surface area contributed by atoms with Crippen LogP contribution in [0.1, 0.15) is 29.2 Å². The van der Waals surface area contributed by atoms with Crippen LogP contribution in [-0.2, 0) is 6.54 Å². The van der Waals surface area contributed by atoms with Crippen molar-refractivity contribution in [1.82, 2.24) is 10.2 Å². The molecular formula is C16H28N2O. The summed E-state index contributed by atoms with van der Waals surface area (Å²) in [6.07, 6.45) is 0. The molecule has 108 valence electrons. The summed E-state index contributed by atoms with van der Waals surface area (Å²) >= 11 is 0. The summed E-state index contributed by atoms with van der Waals surface area (Å²) in [5.74, 6) is 0. The molecule has 0 aliphatic heterocycles. The summed E-state index contributed by atoms with van der Waals surface area (Å²) in [7, 11) is 3.95. The molecule has 0 radical (unpaired) electrons. The van der Waals surface area contributed by atoms with Crippen molar-refractivity contribution in [3.63, 3.8) is 0 Å². The Morgan fingerprint density at radius 3 is 2.26 bits per heavy atom. The van der Waals surface area contributed by atoms with Gasteiger partial charge < -0.3 is 15.3 Å². The molecule has 3 nitrogen and oxygen atoms in total. The summed E-state index contributed by atoms with van der Waals surface area (Å²) in [5.41, 5.74) is 4.58. The summed E-state index contributed by atoms with van der Waals surface area (Å²) in [6, 6.07) is 4.46. The number of aryl methyl sites for hydroxylation is 3. The Morgan fingerprint density at radius 2 is 1.68 bits per heavy atom. The number of hydrogen-bond acceptors (Lipinski definition) is 3. The zero-order chi connectivity index (χ0) is 14.6. The molecule has 0 aliphatic rings. The van der Waals surface area contributed by atoms with Crippen LogP contribution in [0.15, 0.2) is 12.1 Å². The number of aliphatic hydroxyl groups is 1. The fourth-order valence-electron chi connectivity index (χ4n) is 2.41. The van der Waals surface area contributed by atoms with Crippen LogP contribution in [0.5, 0.6) is 0 Å².